The quantitative estimate of drug-likeness (QED) is 0.731. The molecule has 0 aliphatic heterocycles. The zero-order valence-electron chi connectivity index (χ0n) is 11.5. The highest BCUT2D eigenvalue weighted by Gasteiger charge is 2.14. The molecule has 0 radical (unpaired) electrons. The fourth-order valence-corrected chi connectivity index (χ4v) is 2.47. The molecule has 0 fully saturated rings. The first-order valence-corrected chi connectivity index (χ1v) is 7.30. The van der Waals surface area contributed by atoms with Crippen molar-refractivity contribution < 1.29 is 10.2 Å². The summed E-state index contributed by atoms with van der Waals surface area (Å²) in [6.45, 7) is 4.03. The minimum Gasteiger partial charge on any atom is -0.508 e. The van der Waals surface area contributed by atoms with Gasteiger partial charge in [-0.3, -0.25) is 0 Å². The lowest BCUT2D eigenvalue weighted by Crippen LogP contribution is -2.22. The molecule has 2 rings (SSSR count). The van der Waals surface area contributed by atoms with Gasteiger partial charge < -0.3 is 15.5 Å². The molecule has 3 nitrogen and oxygen atoms in total. The fraction of sp³-hybridized carbons (Fsp3) is 0.250. The van der Waals surface area contributed by atoms with Crippen LogP contribution in [0.3, 0.4) is 0 Å². The van der Waals surface area contributed by atoms with Crippen molar-refractivity contribution in [2.24, 2.45) is 0 Å². The minimum atomic E-state index is -0.0688. The molecule has 0 heterocycles. The Morgan fingerprint density at radius 2 is 1.60 bits per heavy atom. The van der Waals surface area contributed by atoms with Gasteiger partial charge in [0.25, 0.3) is 0 Å². The smallest absolute Gasteiger partial charge is 0.120 e. The summed E-state index contributed by atoms with van der Waals surface area (Å²) in [4.78, 5) is 0. The normalized spacial score (nSPS) is 13.9. The zero-order chi connectivity index (χ0) is 14.7. The van der Waals surface area contributed by atoms with E-state index < -0.39 is 0 Å². The van der Waals surface area contributed by atoms with Crippen LogP contribution in [0.4, 0.5) is 0 Å². The summed E-state index contributed by atoms with van der Waals surface area (Å²) in [5.41, 5.74) is 1.86. The first-order valence-electron chi connectivity index (χ1n) is 6.50. The predicted octanol–water partition coefficient (Wildman–Crippen LogP) is 4.27. The van der Waals surface area contributed by atoms with Crippen LogP contribution in [0.1, 0.15) is 37.1 Å². The Kier molecular flexibility index (Phi) is 4.68. The van der Waals surface area contributed by atoms with Crippen molar-refractivity contribution in [1.29, 1.82) is 0 Å². The molecular weight excluding hydrogens is 318 g/mol. The van der Waals surface area contributed by atoms with Gasteiger partial charge in [-0.15, -0.1) is 0 Å². The molecule has 0 aromatic heterocycles. The molecule has 106 valence electrons. The van der Waals surface area contributed by atoms with E-state index >= 15 is 0 Å². The molecule has 0 amide bonds. The standard InChI is InChI=1S/C16H18BrNO2/c1-10(12-3-5-13(17)6-4-12)18-11(2)15-9-14(19)7-8-16(15)20/h3-11,18-20H,1-2H3/t10-,11?/m0/s1. The average Bonchev–Trinajstić information content (AvgIpc) is 2.42. The molecule has 4 heteroatoms. The maximum Gasteiger partial charge on any atom is 0.120 e. The first-order chi connectivity index (χ1) is 9.47. The number of hydrogen-bond donors (Lipinski definition) is 3. The second kappa shape index (κ2) is 6.29. The van der Waals surface area contributed by atoms with Crippen molar-refractivity contribution in [3.8, 4) is 11.5 Å². The van der Waals surface area contributed by atoms with Gasteiger partial charge in [0.15, 0.2) is 0 Å². The van der Waals surface area contributed by atoms with Gasteiger partial charge in [0, 0.05) is 22.1 Å². The van der Waals surface area contributed by atoms with E-state index in [-0.39, 0.29) is 23.6 Å². The lowest BCUT2D eigenvalue weighted by atomic mass is 10.0. The van der Waals surface area contributed by atoms with Gasteiger partial charge in [-0.2, -0.15) is 0 Å². The van der Waals surface area contributed by atoms with Gasteiger partial charge >= 0.3 is 0 Å². The summed E-state index contributed by atoms with van der Waals surface area (Å²) in [7, 11) is 0. The van der Waals surface area contributed by atoms with Crippen LogP contribution in [0.2, 0.25) is 0 Å². The molecule has 1 unspecified atom stereocenters. The Balaban J connectivity index is 2.12. The Morgan fingerprint density at radius 3 is 2.25 bits per heavy atom. The lowest BCUT2D eigenvalue weighted by molar-refractivity contribution is 0.429. The third kappa shape index (κ3) is 3.52. The van der Waals surface area contributed by atoms with E-state index in [1.807, 2.05) is 19.1 Å². The molecule has 2 atom stereocenters. The monoisotopic (exact) mass is 335 g/mol. The Morgan fingerprint density at radius 1 is 0.950 bits per heavy atom. The number of benzene rings is 2. The first kappa shape index (κ1) is 14.9. The van der Waals surface area contributed by atoms with Crippen LogP contribution < -0.4 is 5.32 Å². The zero-order valence-corrected chi connectivity index (χ0v) is 13.1. The number of phenolic OH excluding ortho intramolecular Hbond substituents is 2. The van der Waals surface area contributed by atoms with Gasteiger partial charge in [-0.1, -0.05) is 28.1 Å². The van der Waals surface area contributed by atoms with E-state index in [9.17, 15) is 10.2 Å². The van der Waals surface area contributed by atoms with E-state index in [0.717, 1.165) is 4.47 Å². The molecule has 2 aromatic rings. The molecule has 0 aliphatic carbocycles. The number of aromatic hydroxyl groups is 2. The van der Waals surface area contributed by atoms with Gasteiger partial charge in [0.1, 0.15) is 11.5 Å². The van der Waals surface area contributed by atoms with Crippen LogP contribution in [0.5, 0.6) is 11.5 Å². The molecule has 0 aliphatic rings. The van der Waals surface area contributed by atoms with Crippen molar-refractivity contribution in [2.45, 2.75) is 25.9 Å². The van der Waals surface area contributed by atoms with E-state index in [2.05, 4.69) is 40.3 Å². The van der Waals surface area contributed by atoms with Crippen molar-refractivity contribution in [3.05, 3.63) is 58.1 Å². The highest BCUT2D eigenvalue weighted by atomic mass is 79.9. The second-order valence-corrected chi connectivity index (χ2v) is 5.82. The molecule has 0 saturated heterocycles. The largest absolute Gasteiger partial charge is 0.508 e. The summed E-state index contributed by atoms with van der Waals surface area (Å²) in [6.07, 6.45) is 0. The van der Waals surface area contributed by atoms with Crippen LogP contribution in [0, 0.1) is 0 Å². The third-order valence-corrected chi connectivity index (χ3v) is 3.88. The lowest BCUT2D eigenvalue weighted by Gasteiger charge is -2.21. The van der Waals surface area contributed by atoms with Crippen molar-refractivity contribution in [2.75, 3.05) is 0 Å². The summed E-state index contributed by atoms with van der Waals surface area (Å²) >= 11 is 3.42. The van der Waals surface area contributed by atoms with Gasteiger partial charge in [0.2, 0.25) is 0 Å². The highest BCUT2D eigenvalue weighted by Crippen LogP contribution is 2.29. The van der Waals surface area contributed by atoms with Crippen LogP contribution in [0.25, 0.3) is 0 Å². The van der Waals surface area contributed by atoms with Gasteiger partial charge in [0.05, 0.1) is 0 Å². The third-order valence-electron chi connectivity index (χ3n) is 3.35. The van der Waals surface area contributed by atoms with Crippen LogP contribution in [-0.4, -0.2) is 10.2 Å². The number of hydrogen-bond acceptors (Lipinski definition) is 3. The molecule has 2 aromatic carbocycles. The number of rotatable bonds is 4. The minimum absolute atomic E-state index is 0.0688. The molecule has 0 bridgehead atoms. The van der Waals surface area contributed by atoms with Crippen LogP contribution in [-0.2, 0) is 0 Å². The fourth-order valence-electron chi connectivity index (χ4n) is 2.20. The molecule has 0 saturated carbocycles. The number of phenols is 2. The maximum atomic E-state index is 9.87. The van der Waals surface area contributed by atoms with Crippen molar-refractivity contribution in [3.63, 3.8) is 0 Å². The average molecular weight is 336 g/mol. The molecule has 3 N–H and O–H groups in total. The Hall–Kier alpha value is -1.52. The highest BCUT2D eigenvalue weighted by molar-refractivity contribution is 9.10. The summed E-state index contributed by atoms with van der Waals surface area (Å²) < 4.78 is 1.05. The summed E-state index contributed by atoms with van der Waals surface area (Å²) in [6, 6.07) is 12.8. The van der Waals surface area contributed by atoms with E-state index in [0.29, 0.717) is 5.56 Å². The van der Waals surface area contributed by atoms with Crippen LogP contribution in [0.15, 0.2) is 46.9 Å². The van der Waals surface area contributed by atoms with E-state index in [4.69, 9.17) is 0 Å². The number of nitrogens with one attached hydrogen (secondary N) is 1. The molecular formula is C16H18BrNO2. The van der Waals surface area contributed by atoms with E-state index in [1.165, 1.54) is 17.7 Å². The van der Waals surface area contributed by atoms with Gasteiger partial charge in [-0.25, -0.2) is 0 Å². The Labute approximate surface area is 127 Å². The van der Waals surface area contributed by atoms with Gasteiger partial charge in [-0.05, 0) is 49.7 Å². The van der Waals surface area contributed by atoms with E-state index in [1.54, 1.807) is 6.07 Å². The topological polar surface area (TPSA) is 52.5 Å². The molecule has 20 heavy (non-hydrogen) atoms. The Bertz CT molecular complexity index is 584. The predicted molar refractivity (Wildman–Crippen MR) is 83.9 cm³/mol. The SMILES string of the molecule is CC(N[C@@H](C)c1ccc(Br)cc1)c1cc(O)ccc1O. The van der Waals surface area contributed by atoms with Crippen molar-refractivity contribution in [1.82, 2.24) is 5.32 Å². The summed E-state index contributed by atoms with van der Waals surface area (Å²) in [5, 5.41) is 22.8. The molecule has 0 spiro atoms. The van der Waals surface area contributed by atoms with Crippen LogP contribution >= 0.6 is 15.9 Å². The van der Waals surface area contributed by atoms with Crippen molar-refractivity contribution >= 4 is 15.9 Å². The second-order valence-electron chi connectivity index (χ2n) is 4.90. The number of halogens is 1. The summed E-state index contributed by atoms with van der Waals surface area (Å²) in [5.74, 6) is 0.341. The maximum absolute atomic E-state index is 9.87.